The highest BCUT2D eigenvalue weighted by Crippen LogP contribution is 2.15. The van der Waals surface area contributed by atoms with Gasteiger partial charge in [0.1, 0.15) is 0 Å². The predicted octanol–water partition coefficient (Wildman–Crippen LogP) is 3.68. The zero-order chi connectivity index (χ0) is 18.8. The smallest absolute Gasteiger partial charge is 0.409 e. The summed E-state index contributed by atoms with van der Waals surface area (Å²) < 4.78 is 5.06. The Morgan fingerprint density at radius 2 is 2.00 bits per heavy atom. The van der Waals surface area contributed by atoms with Gasteiger partial charge in [-0.1, -0.05) is 29.8 Å². The molecule has 2 rings (SSSR count). The van der Waals surface area contributed by atoms with Crippen molar-refractivity contribution in [2.24, 2.45) is 4.99 Å². The molecular weight excluding hydrogens is 479 g/mol. The van der Waals surface area contributed by atoms with Crippen LogP contribution < -0.4 is 10.6 Å². The van der Waals surface area contributed by atoms with Crippen LogP contribution in [0.1, 0.15) is 32.3 Å². The molecule has 1 amide bonds. The van der Waals surface area contributed by atoms with Crippen LogP contribution in [0.3, 0.4) is 0 Å². The number of benzene rings is 1. The summed E-state index contributed by atoms with van der Waals surface area (Å²) in [6, 6.07) is 8.17. The van der Waals surface area contributed by atoms with Gasteiger partial charge >= 0.3 is 6.09 Å². The van der Waals surface area contributed by atoms with E-state index in [2.05, 4.69) is 22.5 Å². The van der Waals surface area contributed by atoms with E-state index in [1.807, 2.05) is 31.2 Å². The molecule has 2 N–H and O–H groups in total. The number of amides is 1. The summed E-state index contributed by atoms with van der Waals surface area (Å²) in [4.78, 5) is 18.2. The monoisotopic (exact) mass is 508 g/mol. The third kappa shape index (κ3) is 8.13. The van der Waals surface area contributed by atoms with Gasteiger partial charge < -0.3 is 20.3 Å². The van der Waals surface area contributed by atoms with Gasteiger partial charge in [-0.15, -0.1) is 24.0 Å². The quantitative estimate of drug-likeness (QED) is 0.350. The van der Waals surface area contributed by atoms with Crippen molar-refractivity contribution in [1.29, 1.82) is 0 Å². The Labute approximate surface area is 184 Å². The van der Waals surface area contributed by atoms with Gasteiger partial charge in [-0.25, -0.2) is 4.79 Å². The van der Waals surface area contributed by atoms with Gasteiger partial charge in [0.15, 0.2) is 5.96 Å². The number of ether oxygens (including phenoxy) is 1. The second-order valence-electron chi connectivity index (χ2n) is 6.21. The normalized spacial score (nSPS) is 15.1. The number of nitrogens with one attached hydrogen (secondary N) is 2. The first-order chi connectivity index (χ1) is 12.6. The Morgan fingerprint density at radius 3 is 2.63 bits per heavy atom. The summed E-state index contributed by atoms with van der Waals surface area (Å²) >= 11 is 6.20. The zero-order valence-electron chi connectivity index (χ0n) is 16.0. The average Bonchev–Trinajstić information content (AvgIpc) is 2.64. The number of guanidine groups is 1. The second-order valence-corrected chi connectivity index (χ2v) is 6.61. The van der Waals surface area contributed by atoms with Gasteiger partial charge in [-0.3, -0.25) is 4.99 Å². The lowest BCUT2D eigenvalue weighted by Crippen LogP contribution is -2.50. The van der Waals surface area contributed by atoms with E-state index in [1.165, 1.54) is 0 Å². The first kappa shape index (κ1) is 23.8. The molecule has 1 aromatic carbocycles. The Balaban J connectivity index is 0.00000364. The molecule has 0 bridgehead atoms. The van der Waals surface area contributed by atoms with Gasteiger partial charge in [0, 0.05) is 37.2 Å². The summed E-state index contributed by atoms with van der Waals surface area (Å²) in [5.41, 5.74) is 1.11. The molecule has 0 unspecified atom stereocenters. The Kier molecular flexibility index (Phi) is 11.5. The molecule has 1 aliphatic heterocycles. The lowest BCUT2D eigenvalue weighted by Gasteiger charge is -2.32. The summed E-state index contributed by atoms with van der Waals surface area (Å²) in [5.74, 6) is 0.814. The van der Waals surface area contributed by atoms with E-state index < -0.39 is 0 Å². The van der Waals surface area contributed by atoms with Gasteiger partial charge in [-0.05, 0) is 44.7 Å². The van der Waals surface area contributed by atoms with E-state index in [0.717, 1.165) is 42.4 Å². The first-order valence-electron chi connectivity index (χ1n) is 9.34. The zero-order valence-corrected chi connectivity index (χ0v) is 19.1. The molecule has 1 aromatic rings. The molecule has 0 radical (unpaired) electrons. The number of nitrogens with zero attached hydrogens (tertiary/aromatic N) is 2. The minimum absolute atomic E-state index is 0. The molecule has 0 saturated carbocycles. The van der Waals surface area contributed by atoms with Gasteiger partial charge in [0.05, 0.1) is 6.61 Å². The van der Waals surface area contributed by atoms with E-state index in [0.29, 0.717) is 32.3 Å². The second kappa shape index (κ2) is 13.0. The number of likely N-dealkylation sites (tertiary alicyclic amines) is 1. The van der Waals surface area contributed by atoms with Crippen LogP contribution in [-0.4, -0.2) is 55.8 Å². The molecule has 6 nitrogen and oxygen atoms in total. The molecule has 0 aliphatic carbocycles. The van der Waals surface area contributed by atoms with Gasteiger partial charge in [0.25, 0.3) is 0 Å². The Hall–Kier alpha value is -1.22. The summed E-state index contributed by atoms with van der Waals surface area (Å²) in [6.45, 7) is 7.17. The summed E-state index contributed by atoms with van der Waals surface area (Å²) in [6.07, 6.45) is 2.35. The molecule has 1 fully saturated rings. The number of piperidine rings is 1. The molecule has 152 valence electrons. The number of rotatable bonds is 6. The molecule has 0 spiro atoms. The van der Waals surface area contributed by atoms with Crippen LogP contribution in [0, 0.1) is 0 Å². The van der Waals surface area contributed by atoms with Crippen LogP contribution in [0.15, 0.2) is 29.3 Å². The maximum Gasteiger partial charge on any atom is 0.409 e. The van der Waals surface area contributed by atoms with Crippen LogP contribution in [0.25, 0.3) is 0 Å². The Bertz CT molecular complexity index is 607. The van der Waals surface area contributed by atoms with E-state index in [4.69, 9.17) is 16.3 Å². The summed E-state index contributed by atoms with van der Waals surface area (Å²) in [5, 5.41) is 7.55. The lowest BCUT2D eigenvalue weighted by atomic mass is 10.1. The number of aliphatic imine (C=N–C) groups is 1. The molecule has 0 atom stereocenters. The molecule has 1 heterocycles. The highest BCUT2D eigenvalue weighted by molar-refractivity contribution is 14.0. The van der Waals surface area contributed by atoms with Crippen LogP contribution in [0.5, 0.6) is 0 Å². The number of carbonyl (C=O) groups is 1. The molecule has 0 aromatic heterocycles. The predicted molar refractivity (Wildman–Crippen MR) is 121 cm³/mol. The molecule has 8 heteroatoms. The van der Waals surface area contributed by atoms with Crippen LogP contribution in [0.2, 0.25) is 5.02 Å². The SMILES string of the molecule is CCNC(=NCCc1ccccc1Cl)NC1CCN(C(=O)OCC)CC1.I. The molecule has 1 saturated heterocycles. The minimum atomic E-state index is -0.216. The fourth-order valence-corrected chi connectivity index (χ4v) is 3.15. The number of carbonyl (C=O) groups excluding carboxylic acids is 1. The maximum absolute atomic E-state index is 11.8. The van der Waals surface area contributed by atoms with Gasteiger partial charge in [0.2, 0.25) is 0 Å². The topological polar surface area (TPSA) is 66.0 Å². The maximum atomic E-state index is 11.8. The van der Waals surface area contributed by atoms with E-state index in [9.17, 15) is 4.79 Å². The van der Waals surface area contributed by atoms with Crippen molar-refractivity contribution in [3.05, 3.63) is 34.9 Å². The third-order valence-electron chi connectivity index (χ3n) is 4.31. The first-order valence-corrected chi connectivity index (χ1v) is 9.71. The van der Waals surface area contributed by atoms with Crippen molar-refractivity contribution in [3.63, 3.8) is 0 Å². The number of hydrogen-bond donors (Lipinski definition) is 2. The number of hydrogen-bond acceptors (Lipinski definition) is 3. The fourth-order valence-electron chi connectivity index (χ4n) is 2.92. The molecular formula is C19H30ClIN4O2. The molecule has 27 heavy (non-hydrogen) atoms. The summed E-state index contributed by atoms with van der Waals surface area (Å²) in [7, 11) is 0. The van der Waals surface area contributed by atoms with Crippen molar-refractivity contribution < 1.29 is 9.53 Å². The standard InChI is InChI=1S/C19H29ClN4O2.HI/c1-3-21-18(22-12-9-15-7-5-6-8-17(15)20)23-16-10-13-24(14-11-16)19(25)26-4-2;/h5-8,16H,3-4,9-14H2,1-2H3,(H2,21,22,23);1H. The van der Waals surface area contributed by atoms with E-state index in [-0.39, 0.29) is 30.1 Å². The third-order valence-corrected chi connectivity index (χ3v) is 4.68. The van der Waals surface area contributed by atoms with Crippen LogP contribution in [0.4, 0.5) is 4.79 Å². The number of halogens is 2. The van der Waals surface area contributed by atoms with Crippen LogP contribution in [-0.2, 0) is 11.2 Å². The Morgan fingerprint density at radius 1 is 1.30 bits per heavy atom. The largest absolute Gasteiger partial charge is 0.450 e. The van der Waals surface area contributed by atoms with E-state index >= 15 is 0 Å². The highest BCUT2D eigenvalue weighted by atomic mass is 127. The van der Waals surface area contributed by atoms with Crippen molar-refractivity contribution in [1.82, 2.24) is 15.5 Å². The highest BCUT2D eigenvalue weighted by Gasteiger charge is 2.23. The van der Waals surface area contributed by atoms with Crippen LogP contribution >= 0.6 is 35.6 Å². The van der Waals surface area contributed by atoms with Crippen molar-refractivity contribution in [2.45, 2.75) is 39.2 Å². The average molecular weight is 509 g/mol. The van der Waals surface area contributed by atoms with Crippen molar-refractivity contribution in [2.75, 3.05) is 32.8 Å². The lowest BCUT2D eigenvalue weighted by molar-refractivity contribution is 0.0963. The fraction of sp³-hybridized carbons (Fsp3) is 0.579. The van der Waals surface area contributed by atoms with Gasteiger partial charge in [-0.2, -0.15) is 0 Å². The van der Waals surface area contributed by atoms with Crippen molar-refractivity contribution in [3.8, 4) is 0 Å². The van der Waals surface area contributed by atoms with Crippen molar-refractivity contribution >= 4 is 47.6 Å². The minimum Gasteiger partial charge on any atom is -0.450 e. The molecule has 1 aliphatic rings. The van der Waals surface area contributed by atoms with E-state index in [1.54, 1.807) is 4.90 Å².